The van der Waals surface area contributed by atoms with Crippen LogP contribution >= 0.6 is 0 Å². The first-order valence-corrected chi connectivity index (χ1v) is 8.02. The number of hydrogen-bond acceptors (Lipinski definition) is 2. The van der Waals surface area contributed by atoms with E-state index >= 15 is 0 Å². The lowest BCUT2D eigenvalue weighted by Gasteiger charge is -2.42. The van der Waals surface area contributed by atoms with Gasteiger partial charge < -0.3 is 10.2 Å². The Kier molecular flexibility index (Phi) is 2.55. The fraction of sp³-hybridized carbons (Fsp3) is 0.938. The second-order valence-electron chi connectivity index (χ2n) is 7.71. The molecule has 2 N–H and O–H groups in total. The molecular formula is C16H24O3. The van der Waals surface area contributed by atoms with Gasteiger partial charge in [0.25, 0.3) is 0 Å². The number of aliphatic carboxylic acids is 1. The van der Waals surface area contributed by atoms with Gasteiger partial charge in [0.15, 0.2) is 0 Å². The Balaban J connectivity index is 1.63. The van der Waals surface area contributed by atoms with Crippen molar-refractivity contribution < 1.29 is 15.0 Å². The molecule has 4 bridgehead atoms. The molecule has 0 aromatic carbocycles. The van der Waals surface area contributed by atoms with Crippen molar-refractivity contribution in [3.05, 3.63) is 0 Å². The second kappa shape index (κ2) is 3.97. The topological polar surface area (TPSA) is 57.5 Å². The lowest BCUT2D eigenvalue weighted by atomic mass is 9.63. The Morgan fingerprint density at radius 2 is 1.84 bits per heavy atom. The highest BCUT2D eigenvalue weighted by atomic mass is 16.4. The molecule has 0 heterocycles. The van der Waals surface area contributed by atoms with Gasteiger partial charge in [0.1, 0.15) is 0 Å². The molecule has 0 spiro atoms. The van der Waals surface area contributed by atoms with E-state index in [1.807, 2.05) is 0 Å². The molecule has 7 atom stereocenters. The van der Waals surface area contributed by atoms with E-state index in [2.05, 4.69) is 0 Å². The summed E-state index contributed by atoms with van der Waals surface area (Å²) in [5.41, 5.74) is -0.794. The van der Waals surface area contributed by atoms with Gasteiger partial charge in [0, 0.05) is 0 Å². The van der Waals surface area contributed by atoms with E-state index in [1.54, 1.807) is 0 Å². The average Bonchev–Trinajstić information content (AvgIpc) is 3.15. The highest BCUT2D eigenvalue weighted by Crippen LogP contribution is 2.61. The molecule has 0 saturated heterocycles. The average molecular weight is 264 g/mol. The Hall–Kier alpha value is -0.570. The number of carbonyl (C=O) groups is 1. The fourth-order valence-corrected chi connectivity index (χ4v) is 6.19. The summed E-state index contributed by atoms with van der Waals surface area (Å²) in [5.74, 6) is 1.74. The first-order valence-electron chi connectivity index (χ1n) is 8.02. The number of aliphatic hydroxyl groups excluding tert-OH is 1. The zero-order valence-corrected chi connectivity index (χ0v) is 11.4. The summed E-state index contributed by atoms with van der Waals surface area (Å²) in [4.78, 5) is 12.0. The molecule has 0 aromatic rings. The van der Waals surface area contributed by atoms with E-state index < -0.39 is 17.5 Å². The van der Waals surface area contributed by atoms with E-state index in [9.17, 15) is 15.0 Å². The van der Waals surface area contributed by atoms with Crippen molar-refractivity contribution in [2.75, 3.05) is 0 Å². The van der Waals surface area contributed by atoms with Crippen molar-refractivity contribution in [2.24, 2.45) is 35.0 Å². The van der Waals surface area contributed by atoms with E-state index in [4.69, 9.17) is 0 Å². The number of aliphatic hydroxyl groups is 1. The Labute approximate surface area is 114 Å². The number of carboxylic acids is 1. The van der Waals surface area contributed by atoms with Crippen LogP contribution in [0, 0.1) is 35.0 Å². The van der Waals surface area contributed by atoms with Crippen molar-refractivity contribution in [3.63, 3.8) is 0 Å². The quantitative estimate of drug-likeness (QED) is 0.824. The highest BCUT2D eigenvalue weighted by molar-refractivity contribution is 5.77. The molecule has 4 aliphatic rings. The molecule has 19 heavy (non-hydrogen) atoms. The summed E-state index contributed by atoms with van der Waals surface area (Å²) >= 11 is 0. The van der Waals surface area contributed by atoms with Crippen LogP contribution in [0.15, 0.2) is 0 Å². The van der Waals surface area contributed by atoms with E-state index in [0.29, 0.717) is 11.8 Å². The molecule has 106 valence electrons. The van der Waals surface area contributed by atoms with Gasteiger partial charge in [-0.3, -0.25) is 4.79 Å². The van der Waals surface area contributed by atoms with Gasteiger partial charge in [-0.15, -0.1) is 0 Å². The standard InChI is InChI=1S/C16H24O3/c17-14(13-7-9-1-3-11(13)5-9)16(15(18)19)8-10-2-4-12(16)6-10/h9-14,17H,1-8H2,(H,18,19). The van der Waals surface area contributed by atoms with Crippen LogP contribution < -0.4 is 0 Å². The smallest absolute Gasteiger partial charge is 0.312 e. The van der Waals surface area contributed by atoms with Gasteiger partial charge in [-0.2, -0.15) is 0 Å². The molecule has 3 heteroatoms. The van der Waals surface area contributed by atoms with Crippen LogP contribution in [0.1, 0.15) is 51.4 Å². The third-order valence-corrected chi connectivity index (χ3v) is 7.02. The van der Waals surface area contributed by atoms with E-state index in [1.165, 1.54) is 25.7 Å². The minimum absolute atomic E-state index is 0.240. The Morgan fingerprint density at radius 3 is 2.32 bits per heavy atom. The van der Waals surface area contributed by atoms with Gasteiger partial charge in [0.2, 0.25) is 0 Å². The molecule has 0 radical (unpaired) electrons. The molecule has 4 aliphatic carbocycles. The Bertz CT molecular complexity index is 407. The summed E-state index contributed by atoms with van der Waals surface area (Å²) in [6.07, 6.45) is 8.25. The van der Waals surface area contributed by atoms with Crippen molar-refractivity contribution in [1.29, 1.82) is 0 Å². The minimum Gasteiger partial charge on any atom is -0.481 e. The SMILES string of the molecule is O=C(O)C1(C(O)C2CC3CCC2C3)CC2CCC1C2. The summed E-state index contributed by atoms with van der Waals surface area (Å²) in [6.45, 7) is 0. The van der Waals surface area contributed by atoms with Gasteiger partial charge in [-0.1, -0.05) is 12.8 Å². The fourth-order valence-electron chi connectivity index (χ4n) is 6.19. The van der Waals surface area contributed by atoms with E-state index in [-0.39, 0.29) is 11.8 Å². The van der Waals surface area contributed by atoms with Crippen LogP contribution in [0.2, 0.25) is 0 Å². The predicted molar refractivity (Wildman–Crippen MR) is 70.5 cm³/mol. The van der Waals surface area contributed by atoms with Crippen molar-refractivity contribution in [2.45, 2.75) is 57.5 Å². The number of carboxylic acid groups (broad SMARTS) is 1. The molecule has 4 saturated carbocycles. The summed E-state index contributed by atoms with van der Waals surface area (Å²) in [7, 11) is 0. The molecule has 3 nitrogen and oxygen atoms in total. The maximum atomic E-state index is 12.0. The van der Waals surface area contributed by atoms with Crippen LogP contribution in [0.4, 0.5) is 0 Å². The van der Waals surface area contributed by atoms with Crippen molar-refractivity contribution in [1.82, 2.24) is 0 Å². The summed E-state index contributed by atoms with van der Waals surface area (Å²) < 4.78 is 0. The summed E-state index contributed by atoms with van der Waals surface area (Å²) in [6, 6.07) is 0. The molecular weight excluding hydrogens is 240 g/mol. The largest absolute Gasteiger partial charge is 0.481 e. The number of rotatable bonds is 3. The molecule has 4 fully saturated rings. The van der Waals surface area contributed by atoms with Gasteiger partial charge in [-0.25, -0.2) is 0 Å². The lowest BCUT2D eigenvalue weighted by Crippen LogP contribution is -2.51. The van der Waals surface area contributed by atoms with Crippen molar-refractivity contribution in [3.8, 4) is 0 Å². The highest BCUT2D eigenvalue weighted by Gasteiger charge is 2.62. The van der Waals surface area contributed by atoms with Crippen LogP contribution in [-0.4, -0.2) is 22.3 Å². The van der Waals surface area contributed by atoms with Gasteiger partial charge in [-0.05, 0) is 68.1 Å². The third-order valence-electron chi connectivity index (χ3n) is 7.02. The molecule has 0 aromatic heterocycles. The van der Waals surface area contributed by atoms with Crippen LogP contribution in [0.25, 0.3) is 0 Å². The zero-order chi connectivity index (χ0) is 13.2. The number of hydrogen-bond donors (Lipinski definition) is 2. The monoisotopic (exact) mass is 264 g/mol. The lowest BCUT2D eigenvalue weighted by molar-refractivity contribution is -0.167. The van der Waals surface area contributed by atoms with Crippen molar-refractivity contribution >= 4 is 5.97 Å². The molecule has 0 amide bonds. The third kappa shape index (κ3) is 1.51. The molecule has 4 rings (SSSR count). The second-order valence-corrected chi connectivity index (χ2v) is 7.71. The van der Waals surface area contributed by atoms with Crippen LogP contribution in [0.5, 0.6) is 0 Å². The van der Waals surface area contributed by atoms with Gasteiger partial charge in [0.05, 0.1) is 11.5 Å². The first kappa shape index (κ1) is 12.2. The summed E-state index contributed by atoms with van der Waals surface area (Å²) in [5, 5.41) is 20.8. The van der Waals surface area contributed by atoms with Gasteiger partial charge >= 0.3 is 5.97 Å². The molecule has 0 aliphatic heterocycles. The number of fused-ring (bicyclic) bond motifs is 4. The molecule has 7 unspecified atom stereocenters. The van der Waals surface area contributed by atoms with Crippen LogP contribution in [0.3, 0.4) is 0 Å². The maximum Gasteiger partial charge on any atom is 0.312 e. The normalized spacial score (nSPS) is 52.8. The maximum absolute atomic E-state index is 12.0. The van der Waals surface area contributed by atoms with Crippen LogP contribution in [-0.2, 0) is 4.79 Å². The Morgan fingerprint density at radius 1 is 1.05 bits per heavy atom. The minimum atomic E-state index is -0.794. The van der Waals surface area contributed by atoms with E-state index in [0.717, 1.165) is 31.6 Å². The zero-order valence-electron chi connectivity index (χ0n) is 11.4. The predicted octanol–water partition coefficient (Wildman–Crippen LogP) is 2.67. The first-order chi connectivity index (χ1) is 9.11.